The van der Waals surface area contributed by atoms with Gasteiger partial charge < -0.3 is 30.2 Å². The molecular formula is C24H26FN7O4. The van der Waals surface area contributed by atoms with Gasteiger partial charge in [-0.3, -0.25) is 14.8 Å². The number of carbonyl (C=O) groups is 1. The molecule has 1 fully saturated rings. The summed E-state index contributed by atoms with van der Waals surface area (Å²) in [6.07, 6.45) is 3.58. The highest BCUT2D eigenvalue weighted by molar-refractivity contribution is 6.08. The van der Waals surface area contributed by atoms with Crippen molar-refractivity contribution in [2.45, 2.75) is 25.1 Å². The van der Waals surface area contributed by atoms with Crippen LogP contribution in [0.1, 0.15) is 12.1 Å². The number of aliphatic hydroxyl groups excluding tert-OH is 1. The van der Waals surface area contributed by atoms with Crippen molar-refractivity contribution in [3.8, 4) is 11.5 Å². The molecule has 3 heterocycles. The fourth-order valence-electron chi connectivity index (χ4n) is 3.91. The highest BCUT2D eigenvalue weighted by Gasteiger charge is 2.30. The average Bonchev–Trinajstić information content (AvgIpc) is 3.21. The molecule has 0 aliphatic carbocycles. The van der Waals surface area contributed by atoms with E-state index in [1.165, 1.54) is 32.6 Å². The van der Waals surface area contributed by atoms with Crippen molar-refractivity contribution in [1.29, 1.82) is 0 Å². The number of rotatable bonds is 7. The Bertz CT molecular complexity index is 1430. The van der Waals surface area contributed by atoms with Gasteiger partial charge in [-0.15, -0.1) is 0 Å². The van der Waals surface area contributed by atoms with Crippen LogP contribution in [0.3, 0.4) is 0 Å². The molecule has 1 amide bonds. The number of allylic oxidation sites excluding steroid dienone is 1. The lowest BCUT2D eigenvalue weighted by molar-refractivity contribution is -0.126. The molecule has 0 saturated carbocycles. The molecule has 3 aromatic rings. The molecule has 2 atom stereocenters. The Hall–Kier alpha value is -4.32. The lowest BCUT2D eigenvalue weighted by Gasteiger charge is -2.16. The zero-order chi connectivity index (χ0) is 25.8. The van der Waals surface area contributed by atoms with Gasteiger partial charge in [0.1, 0.15) is 28.5 Å². The van der Waals surface area contributed by atoms with Crippen molar-refractivity contribution in [2.24, 2.45) is 15.7 Å². The second-order valence-corrected chi connectivity index (χ2v) is 8.01. The molecule has 4 N–H and O–H groups in total. The number of halogens is 1. The molecule has 1 aromatic carbocycles. The van der Waals surface area contributed by atoms with E-state index in [1.807, 2.05) is 0 Å². The third-order valence-electron chi connectivity index (χ3n) is 5.69. The molecule has 11 nitrogen and oxygen atoms in total. The van der Waals surface area contributed by atoms with Crippen LogP contribution in [0.2, 0.25) is 0 Å². The van der Waals surface area contributed by atoms with E-state index in [4.69, 9.17) is 20.2 Å². The summed E-state index contributed by atoms with van der Waals surface area (Å²) in [5.41, 5.74) is 8.04. The molecule has 0 bridgehead atoms. The number of hydrogen-bond donors (Lipinski definition) is 3. The number of nitrogens with zero attached hydrogens (tertiary/aromatic N) is 5. The van der Waals surface area contributed by atoms with Gasteiger partial charge in [0.15, 0.2) is 17.2 Å². The van der Waals surface area contributed by atoms with Crippen LogP contribution < -0.4 is 26.0 Å². The molecule has 0 spiro atoms. The van der Waals surface area contributed by atoms with Crippen molar-refractivity contribution in [1.82, 2.24) is 19.9 Å². The van der Waals surface area contributed by atoms with Crippen LogP contribution in [0.25, 0.3) is 16.7 Å². The van der Waals surface area contributed by atoms with E-state index in [-0.39, 0.29) is 24.4 Å². The first-order valence-electron chi connectivity index (χ1n) is 11.0. The van der Waals surface area contributed by atoms with Gasteiger partial charge in [-0.05, 0) is 12.1 Å². The molecule has 36 heavy (non-hydrogen) atoms. The quantitative estimate of drug-likeness (QED) is 0.415. The number of aliphatic hydroxyl groups is 1. The van der Waals surface area contributed by atoms with Crippen LogP contribution in [0, 0.1) is 5.82 Å². The number of benzene rings is 1. The lowest BCUT2D eigenvalue weighted by Crippen LogP contribution is -2.34. The summed E-state index contributed by atoms with van der Waals surface area (Å²) in [5, 5.41) is 12.7. The number of fused-ring (bicyclic) bond motifs is 1. The molecule has 1 aliphatic heterocycles. The van der Waals surface area contributed by atoms with Crippen LogP contribution in [0.5, 0.6) is 11.5 Å². The van der Waals surface area contributed by atoms with E-state index in [9.17, 15) is 9.90 Å². The second-order valence-electron chi connectivity index (χ2n) is 8.01. The van der Waals surface area contributed by atoms with Gasteiger partial charge in [-0.1, -0.05) is 0 Å². The SMILES string of the molecule is CN=CC(=CN)c1cnc2ccc(=Nc3cc(OC)cc(OC)c3F)n(CC3CC(O)C(=O)N3)c2n1. The van der Waals surface area contributed by atoms with Gasteiger partial charge in [0.05, 0.1) is 26.1 Å². The van der Waals surface area contributed by atoms with Gasteiger partial charge in [0.25, 0.3) is 0 Å². The Balaban J connectivity index is 1.96. The minimum atomic E-state index is -1.11. The zero-order valence-electron chi connectivity index (χ0n) is 20.0. The third-order valence-corrected chi connectivity index (χ3v) is 5.69. The Morgan fingerprint density at radius 1 is 1.36 bits per heavy atom. The molecule has 2 unspecified atom stereocenters. The molecular weight excluding hydrogens is 469 g/mol. The van der Waals surface area contributed by atoms with Crippen molar-refractivity contribution in [3.05, 3.63) is 53.7 Å². The molecule has 188 valence electrons. The summed E-state index contributed by atoms with van der Waals surface area (Å²) in [7, 11) is 4.42. The Kier molecular flexibility index (Phi) is 7.25. The average molecular weight is 496 g/mol. The topological polar surface area (TPSA) is 149 Å². The first-order chi connectivity index (χ1) is 17.4. The summed E-state index contributed by atoms with van der Waals surface area (Å²) in [6, 6.07) is 5.84. The monoisotopic (exact) mass is 495 g/mol. The smallest absolute Gasteiger partial charge is 0.249 e. The van der Waals surface area contributed by atoms with Gasteiger partial charge in [-0.25, -0.2) is 14.4 Å². The number of pyridine rings is 1. The van der Waals surface area contributed by atoms with Crippen LogP contribution >= 0.6 is 0 Å². The predicted octanol–water partition coefficient (Wildman–Crippen LogP) is 1.07. The Morgan fingerprint density at radius 2 is 2.17 bits per heavy atom. The first kappa shape index (κ1) is 24.8. The maximum absolute atomic E-state index is 15.1. The fraction of sp³-hybridized carbons (Fsp3) is 0.292. The molecule has 4 rings (SSSR count). The van der Waals surface area contributed by atoms with E-state index in [0.717, 1.165) is 0 Å². The fourth-order valence-corrected chi connectivity index (χ4v) is 3.91. The van der Waals surface area contributed by atoms with E-state index < -0.39 is 23.9 Å². The van der Waals surface area contributed by atoms with E-state index >= 15 is 4.39 Å². The number of methoxy groups -OCH3 is 2. The minimum Gasteiger partial charge on any atom is -0.497 e. The third kappa shape index (κ3) is 4.89. The summed E-state index contributed by atoms with van der Waals surface area (Å²) >= 11 is 0. The Morgan fingerprint density at radius 3 is 2.81 bits per heavy atom. The standard InChI is InChI=1S/C24H26FN7O4/c1-27-10-13(9-26)18-11-28-16-4-5-21(30-17-7-15(35-2)8-20(36-3)22(17)25)32(23(16)31-18)12-14-6-19(33)24(34)29-14/h4-5,7-11,14,19,33H,6,12,26H2,1-3H3,(H,29,34). The number of hydrogen-bond acceptors (Lipinski definition) is 9. The van der Waals surface area contributed by atoms with Gasteiger partial charge in [0.2, 0.25) is 5.91 Å². The van der Waals surface area contributed by atoms with Gasteiger partial charge in [0, 0.05) is 56.2 Å². The van der Waals surface area contributed by atoms with Crippen molar-refractivity contribution >= 4 is 34.5 Å². The van der Waals surface area contributed by atoms with Crippen molar-refractivity contribution < 1.29 is 23.8 Å². The maximum Gasteiger partial charge on any atom is 0.249 e. The largest absolute Gasteiger partial charge is 0.497 e. The summed E-state index contributed by atoms with van der Waals surface area (Å²) in [6.45, 7) is 0.198. The number of nitrogens with two attached hydrogens (primary N) is 1. The van der Waals surface area contributed by atoms with Crippen LogP contribution in [0.4, 0.5) is 10.1 Å². The molecule has 2 aromatic heterocycles. The number of ether oxygens (including phenoxy) is 2. The van der Waals surface area contributed by atoms with Crippen LogP contribution in [-0.4, -0.2) is 65.2 Å². The molecule has 1 aliphatic rings. The lowest BCUT2D eigenvalue weighted by atomic mass is 10.2. The summed E-state index contributed by atoms with van der Waals surface area (Å²) in [5.74, 6) is -0.779. The molecule has 12 heteroatoms. The highest BCUT2D eigenvalue weighted by atomic mass is 19.1. The normalized spacial score (nSPS) is 18.8. The second kappa shape index (κ2) is 10.5. The number of aromatic nitrogens is 3. The van der Waals surface area contributed by atoms with E-state index in [2.05, 4.69) is 20.3 Å². The van der Waals surface area contributed by atoms with Crippen molar-refractivity contribution in [3.63, 3.8) is 0 Å². The highest BCUT2D eigenvalue weighted by Crippen LogP contribution is 2.32. The number of nitrogens with one attached hydrogen (secondary N) is 1. The molecule has 0 radical (unpaired) electrons. The van der Waals surface area contributed by atoms with Crippen LogP contribution in [0.15, 0.2) is 46.6 Å². The van der Waals surface area contributed by atoms with Gasteiger partial charge in [-0.2, -0.15) is 0 Å². The van der Waals surface area contributed by atoms with E-state index in [1.54, 1.807) is 36.2 Å². The van der Waals surface area contributed by atoms with Crippen molar-refractivity contribution in [2.75, 3.05) is 21.3 Å². The molecule has 1 saturated heterocycles. The predicted molar refractivity (Wildman–Crippen MR) is 131 cm³/mol. The summed E-state index contributed by atoms with van der Waals surface area (Å²) in [4.78, 5) is 29.7. The number of amides is 1. The maximum atomic E-state index is 15.1. The zero-order valence-corrected chi connectivity index (χ0v) is 20.0. The number of aliphatic imine (C=N–C) groups is 1. The first-order valence-corrected chi connectivity index (χ1v) is 11.0. The Labute approximate surface area is 205 Å². The summed E-state index contributed by atoms with van der Waals surface area (Å²) < 4.78 is 27.2. The number of carbonyl (C=O) groups excluding carboxylic acids is 1. The van der Waals surface area contributed by atoms with E-state index in [0.29, 0.717) is 33.7 Å². The van der Waals surface area contributed by atoms with Gasteiger partial charge >= 0.3 is 0 Å². The minimum absolute atomic E-state index is 0.0143. The van der Waals surface area contributed by atoms with Crippen LogP contribution in [-0.2, 0) is 11.3 Å².